The van der Waals surface area contributed by atoms with E-state index in [0.29, 0.717) is 23.9 Å². The Balaban J connectivity index is 1.66. The van der Waals surface area contributed by atoms with Crippen LogP contribution in [-0.4, -0.2) is 29.6 Å². The van der Waals surface area contributed by atoms with Gasteiger partial charge >= 0.3 is 5.97 Å². The lowest BCUT2D eigenvalue weighted by molar-refractivity contribution is -0.123. The fraction of sp³-hybridized carbons (Fsp3) is 0.211. The van der Waals surface area contributed by atoms with Gasteiger partial charge in [-0.05, 0) is 37.3 Å². The predicted molar refractivity (Wildman–Crippen MR) is 100 cm³/mol. The summed E-state index contributed by atoms with van der Waals surface area (Å²) in [5.74, 6) is -2.76. The van der Waals surface area contributed by atoms with Crippen molar-refractivity contribution in [3.63, 3.8) is 0 Å². The first-order valence-electron chi connectivity index (χ1n) is 8.37. The highest BCUT2D eigenvalue weighted by atomic mass is 32.2. The summed E-state index contributed by atoms with van der Waals surface area (Å²) in [7, 11) is 0. The van der Waals surface area contributed by atoms with Crippen LogP contribution < -0.4 is 10.6 Å². The third-order valence-electron chi connectivity index (χ3n) is 3.92. The second-order valence-corrected chi connectivity index (χ2v) is 7.16. The Labute approximate surface area is 163 Å². The molecule has 2 N–H and O–H groups in total. The fourth-order valence-electron chi connectivity index (χ4n) is 2.45. The summed E-state index contributed by atoms with van der Waals surface area (Å²) in [6, 6.07) is 7.42. The number of hydrogen-bond donors (Lipinski definition) is 2. The number of esters is 1. The molecule has 1 aliphatic heterocycles. The Kier molecular flexibility index (Phi) is 5.93. The minimum Gasteiger partial charge on any atom is -0.449 e. The van der Waals surface area contributed by atoms with E-state index in [0.717, 1.165) is 17.0 Å². The molecule has 0 bridgehead atoms. The maximum Gasteiger partial charge on any atom is 0.338 e. The maximum atomic E-state index is 13.6. The number of rotatable bonds is 4. The van der Waals surface area contributed by atoms with Gasteiger partial charge in [-0.1, -0.05) is 0 Å². The molecule has 0 fully saturated rings. The van der Waals surface area contributed by atoms with Crippen LogP contribution in [0.25, 0.3) is 0 Å². The highest BCUT2D eigenvalue weighted by Crippen LogP contribution is 2.31. The number of thioether (sulfide) groups is 1. The molecule has 0 aromatic heterocycles. The largest absolute Gasteiger partial charge is 0.449 e. The summed E-state index contributed by atoms with van der Waals surface area (Å²) >= 11 is 1.49. The molecule has 0 spiro atoms. The van der Waals surface area contributed by atoms with Crippen LogP contribution in [0.4, 0.5) is 20.2 Å². The number of halogens is 2. The van der Waals surface area contributed by atoms with Gasteiger partial charge in [0.1, 0.15) is 11.6 Å². The van der Waals surface area contributed by atoms with Crippen LogP contribution in [-0.2, 0) is 14.3 Å². The average Bonchev–Trinajstić information content (AvgIpc) is 2.83. The van der Waals surface area contributed by atoms with Gasteiger partial charge in [-0.25, -0.2) is 13.6 Å². The molecule has 2 amide bonds. The Morgan fingerprint density at radius 1 is 1.21 bits per heavy atom. The number of ether oxygens (including phenoxy) is 1. The second-order valence-electron chi connectivity index (χ2n) is 6.02. The molecule has 1 aliphatic rings. The molecule has 0 aliphatic carbocycles. The topological polar surface area (TPSA) is 84.5 Å². The second kappa shape index (κ2) is 8.39. The number of carbonyl (C=O) groups excluding carboxylic acids is 3. The van der Waals surface area contributed by atoms with Gasteiger partial charge in [-0.2, -0.15) is 0 Å². The van der Waals surface area contributed by atoms with Crippen molar-refractivity contribution in [2.75, 3.05) is 16.4 Å². The Bertz CT molecular complexity index is 952. The summed E-state index contributed by atoms with van der Waals surface area (Å²) in [6.07, 6.45) is -0.851. The van der Waals surface area contributed by atoms with Gasteiger partial charge in [0.25, 0.3) is 5.91 Å². The lowest BCUT2D eigenvalue weighted by atomic mass is 10.2. The van der Waals surface area contributed by atoms with Gasteiger partial charge in [-0.3, -0.25) is 9.59 Å². The maximum absolute atomic E-state index is 13.6. The Morgan fingerprint density at radius 2 is 2.00 bits per heavy atom. The van der Waals surface area contributed by atoms with E-state index in [1.807, 2.05) is 0 Å². The van der Waals surface area contributed by atoms with Crippen LogP contribution in [0.3, 0.4) is 0 Å². The van der Waals surface area contributed by atoms with Gasteiger partial charge in [0, 0.05) is 23.1 Å². The summed E-state index contributed by atoms with van der Waals surface area (Å²) in [4.78, 5) is 37.0. The standard InChI is InChI=1S/C19H16F2N2O4S/c1-10(18(25)23-14-4-3-12(20)9-13(14)21)27-19(26)11-2-5-16-15(8-11)22-17(24)6-7-28-16/h2-5,8-10H,6-7H2,1H3,(H,22,24)(H,23,25)/t10-/m0/s1. The molecule has 6 nitrogen and oxygen atoms in total. The summed E-state index contributed by atoms with van der Waals surface area (Å²) in [5, 5.41) is 4.96. The number of fused-ring (bicyclic) bond motifs is 1. The van der Waals surface area contributed by atoms with E-state index >= 15 is 0 Å². The SMILES string of the molecule is C[C@H](OC(=O)c1ccc2c(c1)NC(=O)CCS2)C(=O)Nc1ccc(F)cc1F. The smallest absolute Gasteiger partial charge is 0.338 e. The molecule has 2 aromatic rings. The molecule has 1 heterocycles. The van der Waals surface area contributed by atoms with Crippen LogP contribution in [0.1, 0.15) is 23.7 Å². The van der Waals surface area contributed by atoms with Crippen LogP contribution in [0.5, 0.6) is 0 Å². The van der Waals surface area contributed by atoms with Crippen molar-refractivity contribution in [2.45, 2.75) is 24.3 Å². The van der Waals surface area contributed by atoms with Crippen molar-refractivity contribution >= 4 is 40.9 Å². The van der Waals surface area contributed by atoms with E-state index in [4.69, 9.17) is 4.74 Å². The Hall–Kier alpha value is -2.94. The van der Waals surface area contributed by atoms with Crippen LogP contribution in [0, 0.1) is 11.6 Å². The van der Waals surface area contributed by atoms with E-state index in [2.05, 4.69) is 10.6 Å². The summed E-state index contributed by atoms with van der Waals surface area (Å²) < 4.78 is 31.7. The van der Waals surface area contributed by atoms with E-state index in [9.17, 15) is 23.2 Å². The molecule has 1 atom stereocenters. The van der Waals surface area contributed by atoms with Crippen LogP contribution in [0.2, 0.25) is 0 Å². The number of carbonyl (C=O) groups is 3. The van der Waals surface area contributed by atoms with E-state index < -0.39 is 29.6 Å². The van der Waals surface area contributed by atoms with Gasteiger partial charge in [0.2, 0.25) is 5.91 Å². The van der Waals surface area contributed by atoms with E-state index in [-0.39, 0.29) is 17.2 Å². The fourth-order valence-corrected chi connectivity index (χ4v) is 3.39. The molecule has 0 radical (unpaired) electrons. The lowest BCUT2D eigenvalue weighted by Crippen LogP contribution is -2.30. The predicted octanol–water partition coefficient (Wildman–Crippen LogP) is 3.58. The van der Waals surface area contributed by atoms with Crippen molar-refractivity contribution < 1.29 is 27.9 Å². The van der Waals surface area contributed by atoms with Gasteiger partial charge in [-0.15, -0.1) is 11.8 Å². The highest BCUT2D eigenvalue weighted by Gasteiger charge is 2.22. The third kappa shape index (κ3) is 4.66. The van der Waals surface area contributed by atoms with Crippen LogP contribution >= 0.6 is 11.8 Å². The minimum atomic E-state index is -1.22. The molecule has 3 rings (SSSR count). The summed E-state index contributed by atoms with van der Waals surface area (Å²) in [5.41, 5.74) is 0.445. The number of nitrogens with one attached hydrogen (secondary N) is 2. The van der Waals surface area contributed by atoms with Crippen molar-refractivity contribution in [1.29, 1.82) is 0 Å². The highest BCUT2D eigenvalue weighted by molar-refractivity contribution is 7.99. The number of benzene rings is 2. The van der Waals surface area contributed by atoms with Gasteiger partial charge in [0.05, 0.1) is 16.9 Å². The first-order chi connectivity index (χ1) is 13.3. The monoisotopic (exact) mass is 406 g/mol. The molecular formula is C19H16F2N2O4S. The van der Waals surface area contributed by atoms with Crippen molar-refractivity contribution in [3.05, 3.63) is 53.6 Å². The van der Waals surface area contributed by atoms with Crippen molar-refractivity contribution in [1.82, 2.24) is 0 Å². The Morgan fingerprint density at radius 3 is 2.75 bits per heavy atom. The zero-order valence-electron chi connectivity index (χ0n) is 14.8. The zero-order valence-corrected chi connectivity index (χ0v) is 15.6. The molecule has 9 heteroatoms. The molecular weight excluding hydrogens is 390 g/mol. The lowest BCUT2D eigenvalue weighted by Gasteiger charge is -2.15. The van der Waals surface area contributed by atoms with E-state index in [1.54, 1.807) is 6.07 Å². The average molecular weight is 406 g/mol. The number of anilines is 2. The molecule has 146 valence electrons. The zero-order chi connectivity index (χ0) is 20.3. The van der Waals surface area contributed by atoms with E-state index in [1.165, 1.54) is 30.8 Å². The van der Waals surface area contributed by atoms with Crippen LogP contribution in [0.15, 0.2) is 41.3 Å². The first kappa shape index (κ1) is 19.8. The molecule has 28 heavy (non-hydrogen) atoms. The molecule has 0 saturated carbocycles. The van der Waals surface area contributed by atoms with Gasteiger partial charge in [0.15, 0.2) is 6.10 Å². The number of amides is 2. The first-order valence-corrected chi connectivity index (χ1v) is 9.35. The summed E-state index contributed by atoms with van der Waals surface area (Å²) in [6.45, 7) is 1.33. The molecule has 0 saturated heterocycles. The minimum absolute atomic E-state index is 0.147. The third-order valence-corrected chi connectivity index (χ3v) is 4.99. The molecule has 2 aromatic carbocycles. The quantitative estimate of drug-likeness (QED) is 0.759. The van der Waals surface area contributed by atoms with Gasteiger partial charge < -0.3 is 15.4 Å². The molecule has 0 unspecified atom stereocenters. The number of hydrogen-bond acceptors (Lipinski definition) is 5. The van der Waals surface area contributed by atoms with Crippen molar-refractivity contribution in [3.8, 4) is 0 Å². The normalized spacial score (nSPS) is 14.3. The van der Waals surface area contributed by atoms with Crippen molar-refractivity contribution in [2.24, 2.45) is 0 Å².